The summed E-state index contributed by atoms with van der Waals surface area (Å²) in [7, 11) is 1.60. The molecule has 1 amide bonds. The van der Waals surface area contributed by atoms with Gasteiger partial charge in [-0.25, -0.2) is 9.98 Å². The van der Waals surface area contributed by atoms with Crippen LogP contribution in [0.3, 0.4) is 0 Å². The molecule has 0 atom stereocenters. The van der Waals surface area contributed by atoms with E-state index >= 15 is 0 Å². The van der Waals surface area contributed by atoms with E-state index in [4.69, 9.17) is 4.74 Å². The summed E-state index contributed by atoms with van der Waals surface area (Å²) in [5.74, 6) is 0.256. The molecule has 0 radical (unpaired) electrons. The summed E-state index contributed by atoms with van der Waals surface area (Å²) in [5, 5.41) is 8.06. The fourth-order valence-corrected chi connectivity index (χ4v) is 3.29. The standard InChI is InChI=1S/C18H21N5O2S/c1-25-9-8-20-17(24)15-11-16-14(5-10-26-16)22-18(23-15)21-12-13-3-2-6-19-7-4-13/h2-3,5-7,10H,4,8-9,11-12H2,1H3,(H,20,24)(H,21,22). The molecule has 0 saturated heterocycles. The molecule has 0 aliphatic carbocycles. The second kappa shape index (κ2) is 9.21. The fourth-order valence-electron chi connectivity index (χ4n) is 2.45. The topological polar surface area (TPSA) is 87.4 Å². The third kappa shape index (κ3) is 4.96. The first-order valence-corrected chi connectivity index (χ1v) is 9.23. The monoisotopic (exact) mass is 371 g/mol. The summed E-state index contributed by atoms with van der Waals surface area (Å²) < 4.78 is 4.97. The van der Waals surface area contributed by atoms with E-state index in [2.05, 4.69) is 25.6 Å². The van der Waals surface area contributed by atoms with Gasteiger partial charge in [-0.2, -0.15) is 0 Å². The van der Waals surface area contributed by atoms with Crippen molar-refractivity contribution in [1.82, 2.24) is 5.32 Å². The van der Waals surface area contributed by atoms with Gasteiger partial charge in [-0.1, -0.05) is 6.08 Å². The number of rotatable bonds is 6. The average Bonchev–Trinajstić information content (AvgIpc) is 2.85. The highest BCUT2D eigenvalue weighted by Gasteiger charge is 2.20. The van der Waals surface area contributed by atoms with Crippen molar-refractivity contribution >= 4 is 40.8 Å². The number of carbonyl (C=O) groups excluding carboxylic acids is 1. The number of hydrogen-bond donors (Lipinski definition) is 2. The van der Waals surface area contributed by atoms with Gasteiger partial charge in [0, 0.05) is 43.8 Å². The lowest BCUT2D eigenvalue weighted by Gasteiger charge is -2.06. The maximum absolute atomic E-state index is 12.4. The molecule has 2 N–H and O–H groups in total. The van der Waals surface area contributed by atoms with Crippen molar-refractivity contribution < 1.29 is 9.53 Å². The maximum Gasteiger partial charge on any atom is 0.266 e. The van der Waals surface area contributed by atoms with Crippen molar-refractivity contribution in [3.05, 3.63) is 40.2 Å². The number of guanidine groups is 1. The average molecular weight is 371 g/mol. The van der Waals surface area contributed by atoms with Crippen molar-refractivity contribution in [3.63, 3.8) is 0 Å². The van der Waals surface area contributed by atoms with Crippen LogP contribution in [0, 0.1) is 0 Å². The number of amides is 1. The smallest absolute Gasteiger partial charge is 0.266 e. The first kappa shape index (κ1) is 18.2. The Labute approximate surface area is 156 Å². The molecular weight excluding hydrogens is 350 g/mol. The van der Waals surface area contributed by atoms with Crippen LogP contribution >= 0.6 is 11.3 Å². The van der Waals surface area contributed by atoms with Crippen LogP contribution in [0.15, 0.2) is 50.3 Å². The number of nitrogens with zero attached hydrogens (tertiary/aromatic N) is 3. The molecule has 3 rings (SSSR count). The first-order valence-electron chi connectivity index (χ1n) is 8.35. The Hall–Kier alpha value is -2.58. The number of fused-ring (bicyclic) bond motifs is 1. The van der Waals surface area contributed by atoms with Gasteiger partial charge >= 0.3 is 0 Å². The van der Waals surface area contributed by atoms with E-state index in [1.165, 1.54) is 0 Å². The summed E-state index contributed by atoms with van der Waals surface area (Å²) >= 11 is 1.60. The van der Waals surface area contributed by atoms with E-state index in [9.17, 15) is 4.79 Å². The summed E-state index contributed by atoms with van der Waals surface area (Å²) in [6.45, 7) is 1.41. The van der Waals surface area contributed by atoms with Crippen molar-refractivity contribution in [2.75, 3.05) is 32.1 Å². The SMILES string of the molecule is COCCNC(=O)C1=NC(=NCC2=CC=CN=CC2)Nc2ccsc2C1. The molecule has 3 heterocycles. The highest BCUT2D eigenvalue weighted by Crippen LogP contribution is 2.25. The van der Waals surface area contributed by atoms with Gasteiger partial charge in [0.25, 0.3) is 5.91 Å². The van der Waals surface area contributed by atoms with Crippen molar-refractivity contribution in [3.8, 4) is 0 Å². The van der Waals surface area contributed by atoms with Gasteiger partial charge in [0.2, 0.25) is 5.96 Å². The number of hydrogen-bond acceptors (Lipinski definition) is 5. The van der Waals surface area contributed by atoms with E-state index in [-0.39, 0.29) is 5.91 Å². The minimum atomic E-state index is -0.193. The molecule has 8 heteroatoms. The van der Waals surface area contributed by atoms with Gasteiger partial charge in [0.05, 0.1) is 18.8 Å². The number of nitrogens with one attached hydrogen (secondary N) is 2. The van der Waals surface area contributed by atoms with Crippen molar-refractivity contribution in [2.45, 2.75) is 12.8 Å². The molecule has 1 aromatic rings. The van der Waals surface area contributed by atoms with E-state index in [0.29, 0.717) is 37.8 Å². The van der Waals surface area contributed by atoms with E-state index in [1.54, 1.807) is 24.6 Å². The molecule has 7 nitrogen and oxygen atoms in total. The van der Waals surface area contributed by atoms with Crippen LogP contribution in [-0.2, 0) is 16.0 Å². The molecule has 0 unspecified atom stereocenters. The summed E-state index contributed by atoms with van der Waals surface area (Å²) in [6.07, 6.45) is 8.74. The Morgan fingerprint density at radius 1 is 1.50 bits per heavy atom. The predicted molar refractivity (Wildman–Crippen MR) is 107 cm³/mol. The molecule has 0 aromatic carbocycles. The van der Waals surface area contributed by atoms with E-state index in [0.717, 1.165) is 22.6 Å². The zero-order valence-corrected chi connectivity index (χ0v) is 15.4. The number of thiophene rings is 1. The van der Waals surface area contributed by atoms with Crippen LogP contribution in [-0.4, -0.2) is 50.6 Å². The van der Waals surface area contributed by atoms with Gasteiger partial charge in [0.1, 0.15) is 5.71 Å². The number of carbonyl (C=O) groups is 1. The van der Waals surface area contributed by atoms with Crippen molar-refractivity contribution in [2.24, 2.45) is 15.0 Å². The second-order valence-electron chi connectivity index (χ2n) is 5.71. The quantitative estimate of drug-likeness (QED) is 0.752. The lowest BCUT2D eigenvalue weighted by molar-refractivity contribution is -0.115. The minimum absolute atomic E-state index is 0.193. The van der Waals surface area contributed by atoms with Gasteiger partial charge in [-0.15, -0.1) is 11.3 Å². The Bertz CT molecular complexity index is 804. The summed E-state index contributed by atoms with van der Waals surface area (Å²) in [4.78, 5) is 26.7. The van der Waals surface area contributed by atoms with E-state index in [1.807, 2.05) is 29.8 Å². The van der Waals surface area contributed by atoms with Gasteiger partial charge in [-0.3, -0.25) is 9.79 Å². The third-order valence-corrected chi connectivity index (χ3v) is 4.73. The Morgan fingerprint density at radius 2 is 2.42 bits per heavy atom. The molecule has 0 bridgehead atoms. The highest BCUT2D eigenvalue weighted by atomic mass is 32.1. The lowest BCUT2D eigenvalue weighted by Crippen LogP contribution is -2.34. The molecule has 1 aromatic heterocycles. The number of methoxy groups -OCH3 is 1. The molecular formula is C18H21N5O2S. The molecule has 136 valence electrons. The van der Waals surface area contributed by atoms with Gasteiger partial charge in [0.15, 0.2) is 0 Å². The predicted octanol–water partition coefficient (Wildman–Crippen LogP) is 2.19. The highest BCUT2D eigenvalue weighted by molar-refractivity contribution is 7.10. The Morgan fingerprint density at radius 3 is 3.31 bits per heavy atom. The van der Waals surface area contributed by atoms with Crippen LogP contribution in [0.4, 0.5) is 5.69 Å². The number of anilines is 1. The van der Waals surface area contributed by atoms with Crippen LogP contribution in [0.5, 0.6) is 0 Å². The minimum Gasteiger partial charge on any atom is -0.383 e. The summed E-state index contributed by atoms with van der Waals surface area (Å²) in [5.41, 5.74) is 2.53. The van der Waals surface area contributed by atoms with Crippen LogP contribution in [0.1, 0.15) is 11.3 Å². The van der Waals surface area contributed by atoms with Crippen molar-refractivity contribution in [1.29, 1.82) is 0 Å². The number of ether oxygens (including phenoxy) is 1. The van der Waals surface area contributed by atoms with Crippen LogP contribution < -0.4 is 10.6 Å². The number of aliphatic imine (C=N–C) groups is 3. The second-order valence-corrected chi connectivity index (χ2v) is 6.71. The third-order valence-electron chi connectivity index (χ3n) is 3.81. The van der Waals surface area contributed by atoms with E-state index < -0.39 is 0 Å². The van der Waals surface area contributed by atoms with Gasteiger partial charge in [-0.05, 0) is 23.1 Å². The molecule has 26 heavy (non-hydrogen) atoms. The lowest BCUT2D eigenvalue weighted by atomic mass is 10.2. The first-order chi connectivity index (χ1) is 12.8. The zero-order valence-electron chi connectivity index (χ0n) is 14.6. The normalized spacial score (nSPS) is 17.7. The molecule has 0 spiro atoms. The molecule has 2 aliphatic heterocycles. The maximum atomic E-state index is 12.4. The largest absolute Gasteiger partial charge is 0.383 e. The number of allylic oxidation sites excluding steroid dienone is 2. The molecule has 2 aliphatic rings. The summed E-state index contributed by atoms with van der Waals surface area (Å²) in [6, 6.07) is 1.98. The van der Waals surface area contributed by atoms with Gasteiger partial charge < -0.3 is 15.4 Å². The Kier molecular flexibility index (Phi) is 6.45. The fraction of sp³-hybridized carbons (Fsp3) is 0.333. The Balaban J connectivity index is 1.78. The zero-order chi connectivity index (χ0) is 18.2. The van der Waals surface area contributed by atoms with Crippen LogP contribution in [0.25, 0.3) is 0 Å². The molecule has 0 fully saturated rings. The molecule has 0 saturated carbocycles. The van der Waals surface area contributed by atoms with Crippen LogP contribution in [0.2, 0.25) is 0 Å².